The van der Waals surface area contributed by atoms with Gasteiger partial charge in [-0.25, -0.2) is 0 Å². The van der Waals surface area contributed by atoms with E-state index in [4.69, 9.17) is 0 Å². The minimum Gasteiger partial charge on any atom is -0.294 e. The zero-order chi connectivity index (χ0) is 9.80. The van der Waals surface area contributed by atoms with Crippen molar-refractivity contribution in [2.45, 2.75) is 38.5 Å². The smallest absolute Gasteiger partial charge is 0.166 e. The van der Waals surface area contributed by atoms with Crippen molar-refractivity contribution in [3.63, 3.8) is 0 Å². The Balaban J connectivity index is 2.03. The van der Waals surface area contributed by atoms with E-state index in [-0.39, 0.29) is 0 Å². The third kappa shape index (κ3) is 2.24. The van der Waals surface area contributed by atoms with Crippen LogP contribution in [0.25, 0.3) is 0 Å². The van der Waals surface area contributed by atoms with E-state index < -0.39 is 0 Å². The maximum Gasteiger partial charge on any atom is 0.166 e. The van der Waals surface area contributed by atoms with Gasteiger partial charge in [0, 0.05) is 16.9 Å². The normalized spacial score (nSPS) is 19.1. The van der Waals surface area contributed by atoms with Gasteiger partial charge >= 0.3 is 0 Å². The van der Waals surface area contributed by atoms with Crippen LogP contribution in [0.15, 0.2) is 16.8 Å². The summed E-state index contributed by atoms with van der Waals surface area (Å²) in [7, 11) is 0. The van der Waals surface area contributed by atoms with Crippen LogP contribution >= 0.6 is 11.3 Å². The molecule has 0 radical (unpaired) electrons. The molecule has 1 aromatic rings. The molecule has 2 rings (SSSR count). The Morgan fingerprint density at radius 3 is 2.50 bits per heavy atom. The molecule has 1 saturated carbocycles. The van der Waals surface area contributed by atoms with Crippen molar-refractivity contribution in [1.82, 2.24) is 0 Å². The molecule has 0 bridgehead atoms. The minimum atomic E-state index is 0.312. The highest BCUT2D eigenvalue weighted by Gasteiger charge is 2.21. The second kappa shape index (κ2) is 4.74. The first-order valence-electron chi connectivity index (χ1n) is 5.44. The van der Waals surface area contributed by atoms with Crippen LogP contribution in [0.4, 0.5) is 0 Å². The number of Topliss-reactive ketones (excluding diaryl/α,β-unsaturated/α-hetero) is 1. The van der Waals surface area contributed by atoms with Crippen molar-refractivity contribution >= 4 is 17.1 Å². The Morgan fingerprint density at radius 1 is 1.21 bits per heavy atom. The van der Waals surface area contributed by atoms with Crippen LogP contribution in [0, 0.1) is 5.92 Å². The summed E-state index contributed by atoms with van der Waals surface area (Å²) in [5.74, 6) is 0.695. The number of hydrogen-bond donors (Lipinski definition) is 0. The summed E-state index contributed by atoms with van der Waals surface area (Å²) in [5, 5.41) is 3.97. The third-order valence-electron chi connectivity index (χ3n) is 3.03. The van der Waals surface area contributed by atoms with Gasteiger partial charge in [0.2, 0.25) is 0 Å². The highest BCUT2D eigenvalue weighted by molar-refractivity contribution is 7.08. The Hall–Kier alpha value is -0.630. The quantitative estimate of drug-likeness (QED) is 0.532. The zero-order valence-corrected chi connectivity index (χ0v) is 9.19. The van der Waals surface area contributed by atoms with Gasteiger partial charge in [-0.3, -0.25) is 4.79 Å². The molecule has 1 aliphatic rings. The lowest BCUT2D eigenvalue weighted by Gasteiger charge is -2.10. The molecule has 0 N–H and O–H groups in total. The van der Waals surface area contributed by atoms with E-state index in [0.717, 1.165) is 18.4 Å². The molecule has 0 amide bonds. The number of carbonyl (C=O) groups is 1. The molecule has 0 unspecified atom stereocenters. The van der Waals surface area contributed by atoms with E-state index >= 15 is 0 Å². The van der Waals surface area contributed by atoms with Gasteiger partial charge in [-0.1, -0.05) is 25.7 Å². The van der Waals surface area contributed by atoms with Gasteiger partial charge in [-0.05, 0) is 24.3 Å². The molecular formula is C12H16OS. The first kappa shape index (κ1) is 9.91. The van der Waals surface area contributed by atoms with E-state index in [9.17, 15) is 4.79 Å². The maximum atomic E-state index is 12.0. The fraction of sp³-hybridized carbons (Fsp3) is 0.583. The van der Waals surface area contributed by atoms with Gasteiger partial charge in [0.15, 0.2) is 5.78 Å². The van der Waals surface area contributed by atoms with Crippen LogP contribution in [0.2, 0.25) is 0 Å². The van der Waals surface area contributed by atoms with E-state index in [1.807, 2.05) is 16.8 Å². The van der Waals surface area contributed by atoms with Crippen molar-refractivity contribution in [3.05, 3.63) is 22.4 Å². The first-order chi connectivity index (χ1) is 6.88. The summed E-state index contributed by atoms with van der Waals surface area (Å²) in [4.78, 5) is 12.0. The molecule has 1 heterocycles. The average molecular weight is 208 g/mol. The molecule has 0 atom stereocenters. The van der Waals surface area contributed by atoms with Crippen molar-refractivity contribution in [1.29, 1.82) is 0 Å². The Morgan fingerprint density at radius 2 is 1.93 bits per heavy atom. The Bertz CT molecular complexity index is 281. The lowest BCUT2D eigenvalue weighted by atomic mass is 9.92. The van der Waals surface area contributed by atoms with Crippen LogP contribution in [0.3, 0.4) is 0 Å². The number of ketones is 1. The molecule has 2 heteroatoms. The molecular weight excluding hydrogens is 192 g/mol. The monoisotopic (exact) mass is 208 g/mol. The van der Waals surface area contributed by atoms with Gasteiger partial charge in [0.05, 0.1) is 0 Å². The van der Waals surface area contributed by atoms with Gasteiger partial charge < -0.3 is 0 Å². The average Bonchev–Trinajstić information content (AvgIpc) is 2.59. The molecule has 1 nitrogen and oxygen atoms in total. The van der Waals surface area contributed by atoms with E-state index in [1.165, 1.54) is 25.7 Å². The Kier molecular flexibility index (Phi) is 3.35. The standard InChI is InChI=1S/C12H16OS/c13-12(11-7-8-14-9-11)10-5-3-1-2-4-6-10/h7-10H,1-6H2. The highest BCUT2D eigenvalue weighted by Crippen LogP contribution is 2.26. The van der Waals surface area contributed by atoms with Crippen LogP contribution < -0.4 is 0 Å². The molecule has 1 aliphatic carbocycles. The molecule has 0 spiro atoms. The van der Waals surface area contributed by atoms with Gasteiger partial charge in [-0.15, -0.1) is 0 Å². The summed E-state index contributed by atoms with van der Waals surface area (Å²) in [6.45, 7) is 0. The molecule has 0 aliphatic heterocycles. The number of carbonyl (C=O) groups excluding carboxylic acids is 1. The second-order valence-corrected chi connectivity index (χ2v) is 4.84. The fourth-order valence-electron chi connectivity index (χ4n) is 2.18. The van der Waals surface area contributed by atoms with E-state index in [0.29, 0.717) is 11.7 Å². The molecule has 76 valence electrons. The lowest BCUT2D eigenvalue weighted by Crippen LogP contribution is -2.13. The second-order valence-electron chi connectivity index (χ2n) is 4.06. The SMILES string of the molecule is O=C(c1ccsc1)C1CCCCCC1. The summed E-state index contributed by atoms with van der Waals surface area (Å²) in [5.41, 5.74) is 0.932. The maximum absolute atomic E-state index is 12.0. The van der Waals surface area contributed by atoms with Crippen molar-refractivity contribution in [2.75, 3.05) is 0 Å². The molecule has 1 aromatic heterocycles. The first-order valence-corrected chi connectivity index (χ1v) is 6.38. The number of thiophene rings is 1. The van der Waals surface area contributed by atoms with Crippen molar-refractivity contribution < 1.29 is 4.79 Å². The number of hydrogen-bond acceptors (Lipinski definition) is 2. The molecule has 0 aromatic carbocycles. The molecule has 1 fully saturated rings. The topological polar surface area (TPSA) is 17.1 Å². The van der Waals surface area contributed by atoms with Gasteiger partial charge in [-0.2, -0.15) is 11.3 Å². The van der Waals surface area contributed by atoms with Gasteiger partial charge in [0.25, 0.3) is 0 Å². The van der Waals surface area contributed by atoms with Crippen LogP contribution in [0.5, 0.6) is 0 Å². The van der Waals surface area contributed by atoms with Crippen LogP contribution in [0.1, 0.15) is 48.9 Å². The summed E-state index contributed by atoms with van der Waals surface area (Å²) >= 11 is 1.62. The van der Waals surface area contributed by atoms with Crippen molar-refractivity contribution in [2.24, 2.45) is 5.92 Å². The Labute approximate surface area is 89.1 Å². The van der Waals surface area contributed by atoms with Crippen LogP contribution in [-0.4, -0.2) is 5.78 Å². The van der Waals surface area contributed by atoms with E-state index in [2.05, 4.69) is 0 Å². The summed E-state index contributed by atoms with van der Waals surface area (Å²) in [6, 6.07) is 1.96. The summed E-state index contributed by atoms with van der Waals surface area (Å²) < 4.78 is 0. The van der Waals surface area contributed by atoms with Gasteiger partial charge in [0.1, 0.15) is 0 Å². The van der Waals surface area contributed by atoms with Crippen LogP contribution in [-0.2, 0) is 0 Å². The molecule has 14 heavy (non-hydrogen) atoms. The fourth-order valence-corrected chi connectivity index (χ4v) is 2.83. The highest BCUT2D eigenvalue weighted by atomic mass is 32.1. The lowest BCUT2D eigenvalue weighted by molar-refractivity contribution is 0.0908. The van der Waals surface area contributed by atoms with E-state index in [1.54, 1.807) is 11.3 Å². The minimum absolute atomic E-state index is 0.312. The predicted molar refractivity (Wildman–Crippen MR) is 59.8 cm³/mol. The third-order valence-corrected chi connectivity index (χ3v) is 3.71. The summed E-state index contributed by atoms with van der Waals surface area (Å²) in [6.07, 6.45) is 7.31. The van der Waals surface area contributed by atoms with Crippen molar-refractivity contribution in [3.8, 4) is 0 Å². The predicted octanol–water partition coefficient (Wildman–Crippen LogP) is 3.90. The largest absolute Gasteiger partial charge is 0.294 e. The molecule has 0 saturated heterocycles. The number of rotatable bonds is 2. The zero-order valence-electron chi connectivity index (χ0n) is 8.37.